The lowest BCUT2D eigenvalue weighted by atomic mass is 9.92. The largest absolute Gasteiger partial charge is 0.316 e. The molecule has 0 heterocycles. The molecule has 1 atom stereocenters. The van der Waals surface area contributed by atoms with Crippen LogP contribution in [-0.4, -0.2) is 13.1 Å². The number of hydrogen-bond donors (Lipinski definition) is 1. The summed E-state index contributed by atoms with van der Waals surface area (Å²) in [6.07, 6.45) is 2.02. The Labute approximate surface area is 133 Å². The third-order valence-corrected chi connectivity index (χ3v) is 3.79. The molecule has 0 aliphatic carbocycles. The minimum absolute atomic E-state index is 0.165. The summed E-state index contributed by atoms with van der Waals surface area (Å²) in [6, 6.07) is 17.5. The minimum Gasteiger partial charge on any atom is -0.316 e. The molecule has 0 aromatic heterocycles. The van der Waals surface area contributed by atoms with Gasteiger partial charge in [0.05, 0.1) is 0 Å². The van der Waals surface area contributed by atoms with Gasteiger partial charge in [-0.3, -0.25) is 0 Å². The second-order valence-electron chi connectivity index (χ2n) is 6.44. The van der Waals surface area contributed by atoms with Gasteiger partial charge in [-0.1, -0.05) is 56.3 Å². The van der Waals surface area contributed by atoms with Crippen molar-refractivity contribution in [2.75, 3.05) is 13.1 Å². The van der Waals surface area contributed by atoms with Gasteiger partial charge in [0, 0.05) is 0 Å². The molecule has 0 saturated heterocycles. The van der Waals surface area contributed by atoms with Crippen LogP contribution in [0.4, 0.5) is 4.39 Å². The molecule has 0 fully saturated rings. The van der Waals surface area contributed by atoms with Gasteiger partial charge in [-0.25, -0.2) is 4.39 Å². The number of halogens is 1. The molecule has 22 heavy (non-hydrogen) atoms. The van der Waals surface area contributed by atoms with Crippen molar-refractivity contribution in [2.24, 2.45) is 11.8 Å². The molecule has 2 rings (SSSR count). The maximum absolute atomic E-state index is 13.1. The lowest BCUT2D eigenvalue weighted by molar-refractivity contribution is 0.445. The molecule has 0 spiro atoms. The van der Waals surface area contributed by atoms with Crippen LogP contribution < -0.4 is 5.32 Å². The Morgan fingerprint density at radius 2 is 1.41 bits per heavy atom. The monoisotopic (exact) mass is 299 g/mol. The van der Waals surface area contributed by atoms with Crippen molar-refractivity contribution in [1.82, 2.24) is 5.32 Å². The van der Waals surface area contributed by atoms with Gasteiger partial charge in [-0.05, 0) is 61.0 Å². The van der Waals surface area contributed by atoms with Crippen molar-refractivity contribution in [2.45, 2.75) is 26.7 Å². The van der Waals surface area contributed by atoms with E-state index in [1.165, 1.54) is 11.1 Å². The van der Waals surface area contributed by atoms with E-state index in [0.717, 1.165) is 25.9 Å². The SMILES string of the molecule is CC(C)CNCC(Cc1ccccc1)Cc1ccc(F)cc1. The summed E-state index contributed by atoms with van der Waals surface area (Å²) < 4.78 is 13.1. The summed E-state index contributed by atoms with van der Waals surface area (Å²) in [4.78, 5) is 0. The molecule has 0 aliphatic rings. The molecule has 1 N–H and O–H groups in total. The second-order valence-corrected chi connectivity index (χ2v) is 6.44. The van der Waals surface area contributed by atoms with E-state index in [0.29, 0.717) is 11.8 Å². The maximum Gasteiger partial charge on any atom is 0.123 e. The van der Waals surface area contributed by atoms with Gasteiger partial charge in [0.2, 0.25) is 0 Å². The minimum atomic E-state index is -0.165. The van der Waals surface area contributed by atoms with Gasteiger partial charge in [0.25, 0.3) is 0 Å². The molecule has 0 aliphatic heterocycles. The summed E-state index contributed by atoms with van der Waals surface area (Å²) >= 11 is 0. The molecule has 1 unspecified atom stereocenters. The molecule has 2 aromatic carbocycles. The summed E-state index contributed by atoms with van der Waals surface area (Å²) in [5, 5.41) is 3.56. The summed E-state index contributed by atoms with van der Waals surface area (Å²) in [5.74, 6) is 1.01. The molecule has 118 valence electrons. The van der Waals surface area contributed by atoms with E-state index in [4.69, 9.17) is 0 Å². The summed E-state index contributed by atoms with van der Waals surface area (Å²) in [7, 11) is 0. The van der Waals surface area contributed by atoms with Crippen molar-refractivity contribution < 1.29 is 4.39 Å². The van der Waals surface area contributed by atoms with Gasteiger partial charge in [-0.2, -0.15) is 0 Å². The molecule has 2 aromatic rings. The van der Waals surface area contributed by atoms with Crippen LogP contribution in [0.5, 0.6) is 0 Å². The van der Waals surface area contributed by atoms with E-state index in [1.54, 1.807) is 12.1 Å². The highest BCUT2D eigenvalue weighted by atomic mass is 19.1. The first-order valence-electron chi connectivity index (χ1n) is 8.12. The average Bonchev–Trinajstić information content (AvgIpc) is 2.50. The lowest BCUT2D eigenvalue weighted by Crippen LogP contribution is -2.28. The van der Waals surface area contributed by atoms with Crippen molar-refractivity contribution >= 4 is 0 Å². The van der Waals surface area contributed by atoms with Gasteiger partial charge in [-0.15, -0.1) is 0 Å². The molecular formula is C20H26FN. The second kappa shape index (κ2) is 8.70. The van der Waals surface area contributed by atoms with Gasteiger partial charge < -0.3 is 5.32 Å². The highest BCUT2D eigenvalue weighted by Crippen LogP contribution is 2.15. The van der Waals surface area contributed by atoms with Crippen LogP contribution in [0.15, 0.2) is 54.6 Å². The van der Waals surface area contributed by atoms with Gasteiger partial charge >= 0.3 is 0 Å². The Balaban J connectivity index is 1.98. The van der Waals surface area contributed by atoms with Crippen molar-refractivity contribution in [3.05, 3.63) is 71.5 Å². The van der Waals surface area contributed by atoms with Crippen LogP contribution in [0.1, 0.15) is 25.0 Å². The number of hydrogen-bond acceptors (Lipinski definition) is 1. The Morgan fingerprint density at radius 3 is 2.00 bits per heavy atom. The zero-order valence-corrected chi connectivity index (χ0v) is 13.6. The van der Waals surface area contributed by atoms with Crippen LogP contribution in [0.3, 0.4) is 0 Å². The normalized spacial score (nSPS) is 12.5. The fraction of sp³-hybridized carbons (Fsp3) is 0.400. The Morgan fingerprint density at radius 1 is 0.818 bits per heavy atom. The average molecular weight is 299 g/mol. The van der Waals surface area contributed by atoms with Crippen LogP contribution in [0, 0.1) is 17.7 Å². The fourth-order valence-electron chi connectivity index (χ4n) is 2.69. The zero-order valence-electron chi connectivity index (χ0n) is 13.6. The van der Waals surface area contributed by atoms with Crippen molar-refractivity contribution in [3.63, 3.8) is 0 Å². The predicted octanol–water partition coefficient (Wildman–Crippen LogP) is 4.47. The first-order chi connectivity index (χ1) is 10.6. The number of rotatable bonds is 8. The zero-order chi connectivity index (χ0) is 15.8. The van der Waals surface area contributed by atoms with Crippen LogP contribution in [-0.2, 0) is 12.8 Å². The Hall–Kier alpha value is -1.67. The standard InChI is InChI=1S/C20H26FN/c1-16(2)14-22-15-19(12-17-6-4-3-5-7-17)13-18-8-10-20(21)11-9-18/h3-11,16,19,22H,12-15H2,1-2H3. The lowest BCUT2D eigenvalue weighted by Gasteiger charge is -2.19. The van der Waals surface area contributed by atoms with E-state index in [9.17, 15) is 4.39 Å². The quantitative estimate of drug-likeness (QED) is 0.758. The van der Waals surface area contributed by atoms with E-state index in [2.05, 4.69) is 49.5 Å². The molecule has 0 saturated carbocycles. The van der Waals surface area contributed by atoms with Crippen LogP contribution >= 0.6 is 0 Å². The fourth-order valence-corrected chi connectivity index (χ4v) is 2.69. The number of benzene rings is 2. The van der Waals surface area contributed by atoms with E-state index in [-0.39, 0.29) is 5.82 Å². The van der Waals surface area contributed by atoms with Crippen LogP contribution in [0.25, 0.3) is 0 Å². The topological polar surface area (TPSA) is 12.0 Å². The smallest absolute Gasteiger partial charge is 0.123 e. The van der Waals surface area contributed by atoms with Gasteiger partial charge in [0.15, 0.2) is 0 Å². The molecule has 0 radical (unpaired) electrons. The van der Waals surface area contributed by atoms with Crippen molar-refractivity contribution in [1.29, 1.82) is 0 Å². The third kappa shape index (κ3) is 5.98. The summed E-state index contributed by atoms with van der Waals surface area (Å²) in [5.41, 5.74) is 2.56. The molecule has 0 bridgehead atoms. The third-order valence-electron chi connectivity index (χ3n) is 3.79. The Bertz CT molecular complexity index is 533. The first kappa shape index (κ1) is 16.7. The van der Waals surface area contributed by atoms with Crippen molar-refractivity contribution in [3.8, 4) is 0 Å². The van der Waals surface area contributed by atoms with E-state index >= 15 is 0 Å². The molecule has 2 heteroatoms. The molecule has 0 amide bonds. The number of nitrogens with one attached hydrogen (secondary N) is 1. The molecular weight excluding hydrogens is 273 g/mol. The maximum atomic E-state index is 13.1. The first-order valence-corrected chi connectivity index (χ1v) is 8.12. The van der Waals surface area contributed by atoms with Gasteiger partial charge in [0.1, 0.15) is 5.82 Å². The molecule has 1 nitrogen and oxygen atoms in total. The predicted molar refractivity (Wildman–Crippen MR) is 91.4 cm³/mol. The van der Waals surface area contributed by atoms with E-state index < -0.39 is 0 Å². The highest BCUT2D eigenvalue weighted by Gasteiger charge is 2.11. The van der Waals surface area contributed by atoms with Crippen LogP contribution in [0.2, 0.25) is 0 Å². The highest BCUT2D eigenvalue weighted by molar-refractivity contribution is 5.19. The van der Waals surface area contributed by atoms with E-state index in [1.807, 2.05) is 12.1 Å². The summed E-state index contributed by atoms with van der Waals surface area (Å²) in [6.45, 7) is 6.47. The Kier molecular flexibility index (Phi) is 6.60.